The summed E-state index contributed by atoms with van der Waals surface area (Å²) in [7, 11) is -3.89. The maximum absolute atomic E-state index is 12.9. The number of alkyl halides is 3. The van der Waals surface area contributed by atoms with Gasteiger partial charge in [0.05, 0.1) is 17.0 Å². The summed E-state index contributed by atoms with van der Waals surface area (Å²) in [4.78, 5) is 37.1. The van der Waals surface area contributed by atoms with Crippen LogP contribution in [0.4, 0.5) is 13.2 Å². The van der Waals surface area contributed by atoms with Crippen molar-refractivity contribution in [2.75, 3.05) is 6.54 Å². The monoisotopic (exact) mass is 526 g/mol. The predicted octanol–water partition coefficient (Wildman–Crippen LogP) is 1.94. The highest BCUT2D eigenvalue weighted by Crippen LogP contribution is 2.29. The molecule has 0 bridgehead atoms. The Morgan fingerprint density at radius 2 is 1.50 bits per heavy atom. The van der Waals surface area contributed by atoms with E-state index in [1.807, 2.05) is 0 Å². The molecule has 1 aliphatic carbocycles. The van der Waals surface area contributed by atoms with Gasteiger partial charge in [-0.1, -0.05) is 18.9 Å². The van der Waals surface area contributed by atoms with E-state index in [-0.39, 0.29) is 16.0 Å². The number of halogens is 3. The molecule has 1 fully saturated rings. The van der Waals surface area contributed by atoms with E-state index in [1.54, 1.807) is 0 Å². The Hall–Kier alpha value is -3.45. The number of hydrogen-bond donors (Lipinski definition) is 4. The number of sulfonamides is 1. The second-order valence-electron chi connectivity index (χ2n) is 8.37. The first-order valence-electron chi connectivity index (χ1n) is 11.0. The summed E-state index contributed by atoms with van der Waals surface area (Å²) in [6.45, 7) is -0.457. The molecule has 1 aliphatic rings. The molecule has 2 atom stereocenters. The zero-order valence-electron chi connectivity index (χ0n) is 19.0. The predicted molar refractivity (Wildman–Crippen MR) is 123 cm³/mol. The fraction of sp³-hybridized carbons (Fsp3) is 0.348. The molecule has 0 spiro atoms. The van der Waals surface area contributed by atoms with E-state index in [1.165, 1.54) is 30.3 Å². The first-order chi connectivity index (χ1) is 16.8. The Kier molecular flexibility index (Phi) is 8.35. The normalized spacial score (nSPS) is 18.2. The fourth-order valence-corrected chi connectivity index (χ4v) is 4.40. The second-order valence-corrected chi connectivity index (χ2v) is 9.93. The topological polar surface area (TPSA) is 147 Å². The van der Waals surface area contributed by atoms with Crippen LogP contribution in [0.5, 0.6) is 0 Å². The molecule has 0 aliphatic heterocycles. The van der Waals surface area contributed by atoms with Gasteiger partial charge in [0.2, 0.25) is 15.9 Å². The summed E-state index contributed by atoms with van der Waals surface area (Å²) in [6, 6.07) is 8.13. The highest BCUT2D eigenvalue weighted by Gasteiger charge is 2.31. The minimum absolute atomic E-state index is 0.131. The van der Waals surface area contributed by atoms with Crippen LogP contribution in [0, 0.1) is 0 Å². The van der Waals surface area contributed by atoms with E-state index in [0.29, 0.717) is 18.9 Å². The van der Waals surface area contributed by atoms with Crippen LogP contribution in [0.2, 0.25) is 0 Å². The van der Waals surface area contributed by atoms with Crippen molar-refractivity contribution in [3.8, 4) is 0 Å². The molecule has 0 aromatic heterocycles. The highest BCUT2D eigenvalue weighted by atomic mass is 32.2. The SMILES string of the molecule is NS(=O)(=O)c1ccc(C(=O)NC2CCCCC2NC(=O)CNC(=O)c2cccc(C(F)(F)F)c2)cc1. The first-order valence-corrected chi connectivity index (χ1v) is 12.6. The molecule has 2 unspecified atom stereocenters. The molecular formula is C23H25F3N4O5S. The lowest BCUT2D eigenvalue weighted by Crippen LogP contribution is -2.54. The smallest absolute Gasteiger partial charge is 0.350 e. The van der Waals surface area contributed by atoms with Crippen molar-refractivity contribution in [3.63, 3.8) is 0 Å². The van der Waals surface area contributed by atoms with Gasteiger partial charge < -0.3 is 16.0 Å². The minimum Gasteiger partial charge on any atom is -0.350 e. The summed E-state index contributed by atoms with van der Waals surface area (Å²) in [5.41, 5.74) is -0.986. The van der Waals surface area contributed by atoms with E-state index < -0.39 is 58.1 Å². The number of carbonyl (C=O) groups is 3. The zero-order valence-corrected chi connectivity index (χ0v) is 19.8. The standard InChI is InChI=1S/C23H25F3N4O5S/c24-23(25,26)16-5-3-4-15(12-16)21(32)28-13-20(31)29-18-6-1-2-7-19(18)30-22(33)14-8-10-17(11-9-14)36(27,34)35/h3-5,8-12,18-19H,1-2,6-7,13H2,(H,28,32)(H,29,31)(H,30,33)(H2,27,34,35). The summed E-state index contributed by atoms with van der Waals surface area (Å²) in [5, 5.41) is 12.9. The van der Waals surface area contributed by atoms with Crippen molar-refractivity contribution in [3.05, 3.63) is 65.2 Å². The number of amides is 3. The average Bonchev–Trinajstić information content (AvgIpc) is 2.83. The number of benzene rings is 2. The Labute approximate surface area is 205 Å². The summed E-state index contributed by atoms with van der Waals surface area (Å²) in [6.07, 6.45) is -1.83. The van der Waals surface area contributed by atoms with Crippen LogP contribution < -0.4 is 21.1 Å². The fourth-order valence-electron chi connectivity index (χ4n) is 3.88. The largest absolute Gasteiger partial charge is 0.416 e. The van der Waals surface area contributed by atoms with E-state index in [4.69, 9.17) is 5.14 Å². The number of hydrogen-bond acceptors (Lipinski definition) is 5. The lowest BCUT2D eigenvalue weighted by molar-refractivity contribution is -0.137. The Morgan fingerprint density at radius 1 is 0.889 bits per heavy atom. The Bertz CT molecular complexity index is 1230. The van der Waals surface area contributed by atoms with Crippen molar-refractivity contribution in [1.82, 2.24) is 16.0 Å². The van der Waals surface area contributed by atoms with Crippen LogP contribution >= 0.6 is 0 Å². The molecule has 13 heteroatoms. The maximum atomic E-state index is 12.9. The lowest BCUT2D eigenvalue weighted by atomic mass is 9.90. The van der Waals surface area contributed by atoms with Crippen molar-refractivity contribution in [2.45, 2.75) is 48.8 Å². The van der Waals surface area contributed by atoms with Gasteiger partial charge in [-0.25, -0.2) is 13.6 Å². The summed E-state index contributed by atoms with van der Waals surface area (Å²) in [5.74, 6) is -1.84. The van der Waals surface area contributed by atoms with Gasteiger partial charge in [-0.05, 0) is 55.3 Å². The third-order valence-corrected chi connectivity index (χ3v) is 6.66. The summed E-state index contributed by atoms with van der Waals surface area (Å²) < 4.78 is 61.3. The third-order valence-electron chi connectivity index (χ3n) is 5.74. The van der Waals surface area contributed by atoms with Crippen LogP contribution in [0.3, 0.4) is 0 Å². The molecule has 2 aromatic rings. The zero-order chi connectivity index (χ0) is 26.5. The van der Waals surface area contributed by atoms with E-state index >= 15 is 0 Å². The van der Waals surface area contributed by atoms with Crippen LogP contribution in [0.15, 0.2) is 53.4 Å². The van der Waals surface area contributed by atoms with Crippen molar-refractivity contribution in [2.24, 2.45) is 5.14 Å². The van der Waals surface area contributed by atoms with Gasteiger partial charge in [-0.15, -0.1) is 0 Å². The molecule has 3 amide bonds. The molecule has 5 N–H and O–H groups in total. The van der Waals surface area contributed by atoms with Gasteiger partial charge in [0, 0.05) is 23.2 Å². The van der Waals surface area contributed by atoms with Gasteiger partial charge in [-0.3, -0.25) is 14.4 Å². The molecule has 1 saturated carbocycles. The molecule has 36 heavy (non-hydrogen) atoms. The van der Waals surface area contributed by atoms with E-state index in [0.717, 1.165) is 25.0 Å². The average molecular weight is 527 g/mol. The minimum atomic E-state index is -4.60. The molecule has 0 heterocycles. The highest BCUT2D eigenvalue weighted by molar-refractivity contribution is 7.89. The van der Waals surface area contributed by atoms with Crippen LogP contribution in [0.1, 0.15) is 52.0 Å². The van der Waals surface area contributed by atoms with Crippen molar-refractivity contribution < 1.29 is 36.0 Å². The maximum Gasteiger partial charge on any atom is 0.416 e. The van der Waals surface area contributed by atoms with Gasteiger partial charge in [0.15, 0.2) is 0 Å². The van der Waals surface area contributed by atoms with Gasteiger partial charge in [-0.2, -0.15) is 13.2 Å². The molecule has 9 nitrogen and oxygen atoms in total. The van der Waals surface area contributed by atoms with E-state index in [9.17, 15) is 36.0 Å². The van der Waals surface area contributed by atoms with Crippen molar-refractivity contribution >= 4 is 27.7 Å². The Balaban J connectivity index is 1.56. The van der Waals surface area contributed by atoms with Crippen molar-refractivity contribution in [1.29, 1.82) is 0 Å². The molecule has 2 aromatic carbocycles. The van der Waals surface area contributed by atoms with Crippen LogP contribution in [0.25, 0.3) is 0 Å². The number of nitrogens with one attached hydrogen (secondary N) is 3. The van der Waals surface area contributed by atoms with E-state index in [2.05, 4.69) is 16.0 Å². The van der Waals surface area contributed by atoms with Crippen LogP contribution in [-0.4, -0.2) is 44.8 Å². The number of rotatable bonds is 7. The molecule has 194 valence electrons. The second kappa shape index (κ2) is 11.1. The molecule has 0 radical (unpaired) electrons. The van der Waals surface area contributed by atoms with Gasteiger partial charge in [0.25, 0.3) is 11.8 Å². The van der Waals surface area contributed by atoms with Crippen LogP contribution in [-0.2, 0) is 21.0 Å². The number of carbonyl (C=O) groups excluding carboxylic acids is 3. The lowest BCUT2D eigenvalue weighted by Gasteiger charge is -2.33. The third kappa shape index (κ3) is 7.28. The van der Waals surface area contributed by atoms with Gasteiger partial charge >= 0.3 is 6.18 Å². The summed E-state index contributed by atoms with van der Waals surface area (Å²) >= 11 is 0. The molecule has 3 rings (SSSR count). The Morgan fingerprint density at radius 3 is 2.08 bits per heavy atom. The molecule has 0 saturated heterocycles. The number of primary sulfonamides is 1. The quantitative estimate of drug-likeness (QED) is 0.435. The van der Waals surface area contributed by atoms with Gasteiger partial charge in [0.1, 0.15) is 0 Å². The molecular weight excluding hydrogens is 501 g/mol. The number of nitrogens with two attached hydrogens (primary N) is 1. The first kappa shape index (κ1) is 27.1.